The lowest BCUT2D eigenvalue weighted by atomic mass is 9.69. The molecule has 0 radical (unpaired) electrons. The van der Waals surface area contributed by atoms with E-state index >= 15 is 0 Å². The number of anilines is 1. The van der Waals surface area contributed by atoms with Crippen molar-refractivity contribution < 1.29 is 4.92 Å². The zero-order valence-electron chi connectivity index (χ0n) is 13.5. The van der Waals surface area contributed by atoms with Gasteiger partial charge in [0.05, 0.1) is 4.92 Å². The Hall–Kier alpha value is -1.58. The maximum Gasteiger partial charge on any atom is 0.271 e. The monoisotopic (exact) mass is 290 g/mol. The standard InChI is InChI=1S/C17H26N2O2/c1-12-9-10-13(19(20)21)11-16(12)18-15-8-6-5-7-14(15)17(2,3)4/h9-11,14-15,18H,5-8H2,1-4H3. The molecule has 1 N–H and O–H groups in total. The van der Waals surface area contributed by atoms with Crippen LogP contribution in [0.2, 0.25) is 0 Å². The first-order valence-corrected chi connectivity index (χ1v) is 7.80. The number of hydrogen-bond donors (Lipinski definition) is 1. The van der Waals surface area contributed by atoms with Gasteiger partial charge >= 0.3 is 0 Å². The van der Waals surface area contributed by atoms with Gasteiger partial charge in [0.25, 0.3) is 5.69 Å². The highest BCUT2D eigenvalue weighted by Gasteiger charge is 2.34. The molecule has 2 unspecified atom stereocenters. The molecular formula is C17H26N2O2. The second-order valence-corrected chi connectivity index (χ2v) is 7.26. The number of nitrogens with zero attached hydrogens (tertiary/aromatic N) is 1. The van der Waals surface area contributed by atoms with E-state index in [1.807, 2.05) is 13.0 Å². The fourth-order valence-corrected chi connectivity index (χ4v) is 3.42. The zero-order chi connectivity index (χ0) is 15.6. The molecule has 0 saturated heterocycles. The van der Waals surface area contributed by atoms with Crippen LogP contribution in [-0.4, -0.2) is 11.0 Å². The van der Waals surface area contributed by atoms with Gasteiger partial charge in [-0.05, 0) is 36.7 Å². The third kappa shape index (κ3) is 3.74. The molecule has 2 atom stereocenters. The average molecular weight is 290 g/mol. The first-order valence-electron chi connectivity index (χ1n) is 7.80. The van der Waals surface area contributed by atoms with Crippen LogP contribution in [0, 0.1) is 28.4 Å². The molecular weight excluding hydrogens is 264 g/mol. The third-order valence-corrected chi connectivity index (χ3v) is 4.65. The highest BCUT2D eigenvalue weighted by molar-refractivity contribution is 5.57. The topological polar surface area (TPSA) is 55.2 Å². The first kappa shape index (κ1) is 15.8. The van der Waals surface area contributed by atoms with Crippen LogP contribution in [0.25, 0.3) is 0 Å². The summed E-state index contributed by atoms with van der Waals surface area (Å²) in [6.07, 6.45) is 4.89. The van der Waals surface area contributed by atoms with Gasteiger partial charge in [-0.2, -0.15) is 0 Å². The van der Waals surface area contributed by atoms with E-state index in [4.69, 9.17) is 0 Å². The summed E-state index contributed by atoms with van der Waals surface area (Å²) >= 11 is 0. The Morgan fingerprint density at radius 1 is 1.24 bits per heavy atom. The molecule has 1 aliphatic rings. The molecule has 0 aliphatic heterocycles. The fourth-order valence-electron chi connectivity index (χ4n) is 3.42. The lowest BCUT2D eigenvalue weighted by molar-refractivity contribution is -0.384. The van der Waals surface area contributed by atoms with E-state index in [2.05, 4.69) is 26.1 Å². The van der Waals surface area contributed by atoms with Crippen LogP contribution in [-0.2, 0) is 0 Å². The predicted octanol–water partition coefficient (Wildman–Crippen LogP) is 4.92. The summed E-state index contributed by atoms with van der Waals surface area (Å²) in [5.74, 6) is 0.602. The lowest BCUT2D eigenvalue weighted by Crippen LogP contribution is -2.39. The maximum atomic E-state index is 11.0. The Morgan fingerprint density at radius 2 is 1.90 bits per heavy atom. The van der Waals surface area contributed by atoms with Gasteiger partial charge in [0, 0.05) is 23.9 Å². The van der Waals surface area contributed by atoms with E-state index < -0.39 is 0 Å². The van der Waals surface area contributed by atoms with Gasteiger partial charge in [0.2, 0.25) is 0 Å². The fraction of sp³-hybridized carbons (Fsp3) is 0.647. The van der Waals surface area contributed by atoms with Crippen molar-refractivity contribution in [3.8, 4) is 0 Å². The Balaban J connectivity index is 2.23. The van der Waals surface area contributed by atoms with Gasteiger partial charge < -0.3 is 5.32 Å². The molecule has 2 rings (SSSR count). The van der Waals surface area contributed by atoms with Gasteiger partial charge in [-0.25, -0.2) is 0 Å². The number of non-ortho nitro benzene ring substituents is 1. The number of hydrogen-bond acceptors (Lipinski definition) is 3. The molecule has 0 amide bonds. The van der Waals surface area contributed by atoms with Crippen LogP contribution in [0.1, 0.15) is 52.0 Å². The van der Waals surface area contributed by atoms with Crippen LogP contribution >= 0.6 is 0 Å². The Morgan fingerprint density at radius 3 is 2.52 bits per heavy atom. The Kier molecular flexibility index (Phi) is 4.55. The van der Waals surface area contributed by atoms with E-state index in [1.165, 1.54) is 19.3 Å². The van der Waals surface area contributed by atoms with E-state index in [-0.39, 0.29) is 16.0 Å². The SMILES string of the molecule is Cc1ccc([N+](=O)[O-])cc1NC1CCCCC1C(C)(C)C. The molecule has 4 nitrogen and oxygen atoms in total. The number of rotatable bonds is 3. The van der Waals surface area contributed by atoms with E-state index in [1.54, 1.807) is 12.1 Å². The summed E-state index contributed by atoms with van der Waals surface area (Å²) in [4.78, 5) is 10.6. The third-order valence-electron chi connectivity index (χ3n) is 4.65. The maximum absolute atomic E-state index is 11.0. The lowest BCUT2D eigenvalue weighted by Gasteiger charge is -2.41. The molecule has 21 heavy (non-hydrogen) atoms. The Labute approximate surface area is 127 Å². The summed E-state index contributed by atoms with van der Waals surface area (Å²) in [6.45, 7) is 8.87. The molecule has 0 bridgehead atoms. The zero-order valence-corrected chi connectivity index (χ0v) is 13.5. The van der Waals surface area contributed by atoms with Gasteiger partial charge in [0.1, 0.15) is 0 Å². The van der Waals surface area contributed by atoms with Crippen molar-refractivity contribution in [3.05, 3.63) is 33.9 Å². The molecule has 0 spiro atoms. The van der Waals surface area contributed by atoms with Gasteiger partial charge in [-0.15, -0.1) is 0 Å². The average Bonchev–Trinajstić information content (AvgIpc) is 2.40. The normalized spacial score (nSPS) is 22.9. The minimum absolute atomic E-state index is 0.159. The van der Waals surface area contributed by atoms with Crippen molar-refractivity contribution in [1.29, 1.82) is 0 Å². The Bertz CT molecular complexity index is 520. The van der Waals surface area contributed by atoms with Crippen LogP contribution in [0.5, 0.6) is 0 Å². The molecule has 1 aliphatic carbocycles. The second-order valence-electron chi connectivity index (χ2n) is 7.26. The molecule has 116 valence electrons. The predicted molar refractivity (Wildman–Crippen MR) is 86.7 cm³/mol. The quantitative estimate of drug-likeness (QED) is 0.635. The van der Waals surface area contributed by atoms with Crippen molar-refractivity contribution >= 4 is 11.4 Å². The van der Waals surface area contributed by atoms with Crippen molar-refractivity contribution in [1.82, 2.24) is 0 Å². The molecule has 1 aromatic carbocycles. The van der Waals surface area contributed by atoms with Crippen molar-refractivity contribution in [3.63, 3.8) is 0 Å². The first-order chi connectivity index (χ1) is 9.79. The molecule has 1 fully saturated rings. The smallest absolute Gasteiger partial charge is 0.271 e. The van der Waals surface area contributed by atoms with Gasteiger partial charge in [0.15, 0.2) is 0 Å². The summed E-state index contributed by atoms with van der Waals surface area (Å²) in [6, 6.07) is 5.47. The number of aryl methyl sites for hydroxylation is 1. The van der Waals surface area contributed by atoms with Gasteiger partial charge in [-0.1, -0.05) is 39.7 Å². The second kappa shape index (κ2) is 6.04. The van der Waals surface area contributed by atoms with Crippen molar-refractivity contribution in [2.45, 2.75) is 59.4 Å². The van der Waals surface area contributed by atoms with E-state index in [0.29, 0.717) is 12.0 Å². The number of nitrogens with one attached hydrogen (secondary N) is 1. The van der Waals surface area contributed by atoms with Crippen molar-refractivity contribution in [2.75, 3.05) is 5.32 Å². The highest BCUT2D eigenvalue weighted by Crippen LogP contribution is 2.39. The van der Waals surface area contributed by atoms with Crippen LogP contribution in [0.4, 0.5) is 11.4 Å². The minimum Gasteiger partial charge on any atom is -0.382 e. The number of benzene rings is 1. The number of nitro benzene ring substituents is 1. The highest BCUT2D eigenvalue weighted by atomic mass is 16.6. The molecule has 0 aromatic heterocycles. The van der Waals surface area contributed by atoms with E-state index in [0.717, 1.165) is 17.7 Å². The van der Waals surface area contributed by atoms with Crippen molar-refractivity contribution in [2.24, 2.45) is 11.3 Å². The summed E-state index contributed by atoms with van der Waals surface area (Å²) in [7, 11) is 0. The minimum atomic E-state index is -0.327. The molecule has 1 saturated carbocycles. The molecule has 4 heteroatoms. The summed E-state index contributed by atoms with van der Waals surface area (Å²) in [5, 5.41) is 14.6. The van der Waals surface area contributed by atoms with Crippen LogP contribution < -0.4 is 5.32 Å². The van der Waals surface area contributed by atoms with Crippen LogP contribution in [0.3, 0.4) is 0 Å². The summed E-state index contributed by atoms with van der Waals surface area (Å²) in [5.41, 5.74) is 2.39. The largest absolute Gasteiger partial charge is 0.382 e. The summed E-state index contributed by atoms with van der Waals surface area (Å²) < 4.78 is 0. The van der Waals surface area contributed by atoms with E-state index in [9.17, 15) is 10.1 Å². The molecule has 0 heterocycles. The molecule has 1 aromatic rings. The van der Waals surface area contributed by atoms with Crippen LogP contribution in [0.15, 0.2) is 18.2 Å². The van der Waals surface area contributed by atoms with Gasteiger partial charge in [-0.3, -0.25) is 10.1 Å². The number of nitro groups is 1.